The van der Waals surface area contributed by atoms with Crippen LogP contribution in [0.2, 0.25) is 0 Å². The zero-order valence-electron chi connectivity index (χ0n) is 8.86. The van der Waals surface area contributed by atoms with Crippen molar-refractivity contribution in [3.63, 3.8) is 0 Å². The van der Waals surface area contributed by atoms with E-state index in [4.69, 9.17) is 9.47 Å². The monoisotopic (exact) mass is 198 g/mol. The van der Waals surface area contributed by atoms with Crippen molar-refractivity contribution in [2.75, 3.05) is 6.61 Å². The third-order valence-electron chi connectivity index (χ3n) is 3.31. The Balaban J connectivity index is 1.80. The van der Waals surface area contributed by atoms with Crippen LogP contribution in [0.15, 0.2) is 0 Å². The van der Waals surface area contributed by atoms with Gasteiger partial charge in [0.05, 0.1) is 25.2 Å². The summed E-state index contributed by atoms with van der Waals surface area (Å²) in [6, 6.07) is 0. The van der Waals surface area contributed by atoms with Crippen LogP contribution in [0.4, 0.5) is 0 Å². The Kier molecular flexibility index (Phi) is 2.77. The van der Waals surface area contributed by atoms with Gasteiger partial charge in [-0.15, -0.1) is 0 Å². The Morgan fingerprint density at radius 2 is 2.21 bits per heavy atom. The zero-order chi connectivity index (χ0) is 10.1. The van der Waals surface area contributed by atoms with Crippen molar-refractivity contribution in [3.05, 3.63) is 0 Å². The average molecular weight is 198 g/mol. The Morgan fingerprint density at radius 3 is 2.93 bits per heavy atom. The predicted octanol–water partition coefficient (Wildman–Crippen LogP) is 1.75. The second-order valence-electron chi connectivity index (χ2n) is 4.39. The third kappa shape index (κ3) is 1.92. The van der Waals surface area contributed by atoms with E-state index in [0.29, 0.717) is 37.1 Å². The van der Waals surface area contributed by atoms with Crippen LogP contribution in [0.5, 0.6) is 0 Å². The van der Waals surface area contributed by atoms with Gasteiger partial charge in [-0.3, -0.25) is 4.79 Å². The van der Waals surface area contributed by atoms with Crippen LogP contribution in [-0.4, -0.2) is 24.8 Å². The predicted molar refractivity (Wildman–Crippen MR) is 51.8 cm³/mol. The maximum atomic E-state index is 11.3. The Morgan fingerprint density at radius 1 is 1.43 bits per heavy atom. The summed E-state index contributed by atoms with van der Waals surface area (Å²) < 4.78 is 10.5. The van der Waals surface area contributed by atoms with E-state index in [9.17, 15) is 4.79 Å². The summed E-state index contributed by atoms with van der Waals surface area (Å²) in [4.78, 5) is 11.3. The van der Waals surface area contributed by atoms with Crippen molar-refractivity contribution in [1.29, 1.82) is 0 Å². The molecule has 80 valence electrons. The van der Waals surface area contributed by atoms with Gasteiger partial charge in [0, 0.05) is 0 Å². The molecule has 1 saturated heterocycles. The van der Waals surface area contributed by atoms with Crippen LogP contribution in [0, 0.1) is 11.8 Å². The highest BCUT2D eigenvalue weighted by Crippen LogP contribution is 2.45. The molecule has 2 aliphatic rings. The topological polar surface area (TPSA) is 38.8 Å². The van der Waals surface area contributed by atoms with Crippen LogP contribution in [0.25, 0.3) is 0 Å². The van der Waals surface area contributed by atoms with Crippen LogP contribution in [0.3, 0.4) is 0 Å². The molecule has 1 heterocycles. The quantitative estimate of drug-likeness (QED) is 0.512. The van der Waals surface area contributed by atoms with Gasteiger partial charge in [-0.2, -0.15) is 0 Å². The van der Waals surface area contributed by atoms with Gasteiger partial charge in [0.2, 0.25) is 0 Å². The van der Waals surface area contributed by atoms with Crippen molar-refractivity contribution in [3.8, 4) is 0 Å². The minimum Gasteiger partial charge on any atom is -0.466 e. The summed E-state index contributed by atoms with van der Waals surface area (Å²) in [5, 5.41) is 0. The first-order chi connectivity index (χ1) is 6.72. The molecule has 0 aromatic carbocycles. The first-order valence-corrected chi connectivity index (χ1v) is 5.53. The Labute approximate surface area is 84.8 Å². The second-order valence-corrected chi connectivity index (χ2v) is 4.39. The molecule has 2 fully saturated rings. The highest BCUT2D eigenvalue weighted by molar-refractivity contribution is 5.69. The van der Waals surface area contributed by atoms with Crippen LogP contribution in [0.1, 0.15) is 33.1 Å². The number of esters is 1. The maximum Gasteiger partial charge on any atom is 0.306 e. The minimum atomic E-state index is -0.0682. The Hall–Kier alpha value is -0.570. The van der Waals surface area contributed by atoms with E-state index in [1.165, 1.54) is 6.42 Å². The van der Waals surface area contributed by atoms with E-state index in [-0.39, 0.29) is 5.97 Å². The van der Waals surface area contributed by atoms with E-state index in [1.54, 1.807) is 0 Å². The molecule has 1 saturated carbocycles. The van der Waals surface area contributed by atoms with Crippen LogP contribution >= 0.6 is 0 Å². The van der Waals surface area contributed by atoms with E-state index < -0.39 is 0 Å². The van der Waals surface area contributed by atoms with Crippen molar-refractivity contribution in [2.24, 2.45) is 11.8 Å². The lowest BCUT2D eigenvalue weighted by Gasteiger charge is -2.21. The third-order valence-corrected chi connectivity index (χ3v) is 3.31. The van der Waals surface area contributed by atoms with Gasteiger partial charge in [0.1, 0.15) is 0 Å². The van der Waals surface area contributed by atoms with Crippen molar-refractivity contribution in [2.45, 2.75) is 45.3 Å². The molecular weight excluding hydrogens is 180 g/mol. The second kappa shape index (κ2) is 3.89. The highest BCUT2D eigenvalue weighted by atomic mass is 16.6. The molecule has 14 heavy (non-hydrogen) atoms. The zero-order valence-corrected chi connectivity index (χ0v) is 8.86. The van der Waals surface area contributed by atoms with Gasteiger partial charge in [0.15, 0.2) is 0 Å². The lowest BCUT2D eigenvalue weighted by molar-refractivity contribution is -0.144. The molecular formula is C11H18O3. The molecule has 0 radical (unpaired) electrons. The maximum absolute atomic E-state index is 11.3. The minimum absolute atomic E-state index is 0.0682. The largest absolute Gasteiger partial charge is 0.466 e. The number of carbonyl (C=O) groups excluding carboxylic acids is 1. The van der Waals surface area contributed by atoms with Gasteiger partial charge in [-0.1, -0.05) is 6.92 Å². The standard InChI is InChI=1S/C11H18O3/c1-3-13-9(12)6-8-5-4-7(2)10-11(8)14-10/h7-8,10-11H,3-6H2,1-2H3. The lowest BCUT2D eigenvalue weighted by Crippen LogP contribution is -2.25. The summed E-state index contributed by atoms with van der Waals surface area (Å²) in [5.74, 6) is 1.02. The fraction of sp³-hybridized carbons (Fsp3) is 0.909. The first kappa shape index (κ1) is 9.97. The molecule has 2 rings (SSSR count). The van der Waals surface area contributed by atoms with Crippen molar-refractivity contribution >= 4 is 5.97 Å². The number of fused-ring (bicyclic) bond motifs is 1. The van der Waals surface area contributed by atoms with Crippen LogP contribution < -0.4 is 0 Å². The molecule has 0 bridgehead atoms. The number of ether oxygens (including phenoxy) is 2. The molecule has 0 N–H and O–H groups in total. The normalized spacial score (nSPS) is 40.1. The molecule has 1 aliphatic carbocycles. The molecule has 4 unspecified atom stereocenters. The van der Waals surface area contributed by atoms with Gasteiger partial charge < -0.3 is 9.47 Å². The molecule has 0 aromatic rings. The number of hydrogen-bond donors (Lipinski definition) is 0. The van der Waals surface area contributed by atoms with E-state index in [1.807, 2.05) is 6.92 Å². The SMILES string of the molecule is CCOC(=O)CC1CCC(C)C2OC12. The van der Waals surface area contributed by atoms with Gasteiger partial charge in [0.25, 0.3) is 0 Å². The number of hydrogen-bond acceptors (Lipinski definition) is 3. The van der Waals surface area contributed by atoms with E-state index in [0.717, 1.165) is 6.42 Å². The van der Waals surface area contributed by atoms with Gasteiger partial charge in [-0.25, -0.2) is 0 Å². The molecule has 0 amide bonds. The summed E-state index contributed by atoms with van der Waals surface area (Å²) in [5.41, 5.74) is 0. The summed E-state index contributed by atoms with van der Waals surface area (Å²) in [6.45, 7) is 4.55. The molecule has 1 aliphatic heterocycles. The molecule has 0 aromatic heterocycles. The lowest BCUT2D eigenvalue weighted by atomic mass is 9.81. The fourth-order valence-corrected chi connectivity index (χ4v) is 2.43. The fourth-order valence-electron chi connectivity index (χ4n) is 2.43. The van der Waals surface area contributed by atoms with Crippen molar-refractivity contribution in [1.82, 2.24) is 0 Å². The van der Waals surface area contributed by atoms with E-state index in [2.05, 4.69) is 6.92 Å². The summed E-state index contributed by atoms with van der Waals surface area (Å²) >= 11 is 0. The van der Waals surface area contributed by atoms with E-state index >= 15 is 0 Å². The highest BCUT2D eigenvalue weighted by Gasteiger charge is 2.51. The molecule has 4 atom stereocenters. The summed E-state index contributed by atoms with van der Waals surface area (Å²) in [7, 11) is 0. The number of epoxide rings is 1. The van der Waals surface area contributed by atoms with Gasteiger partial charge in [-0.05, 0) is 31.6 Å². The summed E-state index contributed by atoms with van der Waals surface area (Å²) in [6.07, 6.45) is 3.63. The molecule has 0 spiro atoms. The van der Waals surface area contributed by atoms with Crippen LogP contribution in [-0.2, 0) is 14.3 Å². The number of rotatable bonds is 3. The average Bonchev–Trinajstić information content (AvgIpc) is 2.90. The van der Waals surface area contributed by atoms with Gasteiger partial charge >= 0.3 is 5.97 Å². The molecule has 3 heteroatoms. The van der Waals surface area contributed by atoms with Crippen molar-refractivity contribution < 1.29 is 14.3 Å². The first-order valence-electron chi connectivity index (χ1n) is 5.53. The smallest absolute Gasteiger partial charge is 0.306 e. The number of carbonyl (C=O) groups is 1. The Bertz CT molecular complexity index is 227. The molecule has 3 nitrogen and oxygen atoms in total.